The third kappa shape index (κ3) is 5.49. The van der Waals surface area contributed by atoms with Crippen LogP contribution in [-0.2, 0) is 11.2 Å². The van der Waals surface area contributed by atoms with Crippen molar-refractivity contribution in [3.63, 3.8) is 0 Å². The molecule has 0 aromatic heterocycles. The number of hydrogen-bond donors (Lipinski definition) is 2. The van der Waals surface area contributed by atoms with E-state index in [0.717, 1.165) is 29.5 Å². The predicted molar refractivity (Wildman–Crippen MR) is 95.1 cm³/mol. The maximum atomic E-state index is 12.0. The quantitative estimate of drug-likeness (QED) is 0.793. The molecule has 5 heteroatoms. The van der Waals surface area contributed by atoms with Crippen LogP contribution in [-0.4, -0.2) is 12.5 Å². The molecular weight excluding hydrogens is 312 g/mol. The van der Waals surface area contributed by atoms with Gasteiger partial charge >= 0.3 is 0 Å². The van der Waals surface area contributed by atoms with E-state index in [0.29, 0.717) is 12.1 Å². The van der Waals surface area contributed by atoms with Gasteiger partial charge in [-0.25, -0.2) is 0 Å². The van der Waals surface area contributed by atoms with Crippen LogP contribution in [0.15, 0.2) is 48.5 Å². The molecule has 1 fully saturated rings. The van der Waals surface area contributed by atoms with Crippen molar-refractivity contribution >= 4 is 29.7 Å². The number of nitrogens with two attached hydrogens (primary N) is 1. The average Bonchev–Trinajstić information content (AvgIpc) is 3.33. The molecule has 1 amide bonds. The molecule has 0 heterocycles. The topological polar surface area (TPSA) is 64.4 Å². The molecule has 2 aromatic rings. The number of ether oxygens (including phenoxy) is 1. The first-order chi connectivity index (χ1) is 10.7. The molecule has 0 radical (unpaired) electrons. The van der Waals surface area contributed by atoms with Gasteiger partial charge in [-0.3, -0.25) is 4.79 Å². The Morgan fingerprint density at radius 2 is 1.74 bits per heavy atom. The molecule has 0 aliphatic heterocycles. The highest BCUT2D eigenvalue weighted by atomic mass is 35.5. The van der Waals surface area contributed by atoms with Crippen LogP contribution < -0.4 is 15.8 Å². The number of carbonyl (C=O) groups excluding carboxylic acids is 1. The van der Waals surface area contributed by atoms with Crippen molar-refractivity contribution in [2.45, 2.75) is 19.3 Å². The molecule has 0 bridgehead atoms. The van der Waals surface area contributed by atoms with Crippen LogP contribution in [0.1, 0.15) is 18.4 Å². The van der Waals surface area contributed by atoms with Gasteiger partial charge in [0.15, 0.2) is 0 Å². The van der Waals surface area contributed by atoms with Crippen molar-refractivity contribution in [3.8, 4) is 5.75 Å². The Kier molecular flexibility index (Phi) is 5.88. The van der Waals surface area contributed by atoms with Crippen LogP contribution >= 0.6 is 12.4 Å². The van der Waals surface area contributed by atoms with Gasteiger partial charge in [-0.05, 0) is 60.7 Å². The first kappa shape index (κ1) is 17.2. The molecule has 3 N–H and O–H groups in total. The van der Waals surface area contributed by atoms with Gasteiger partial charge in [0.25, 0.3) is 0 Å². The highest BCUT2D eigenvalue weighted by molar-refractivity contribution is 5.92. The summed E-state index contributed by atoms with van der Waals surface area (Å²) in [6, 6.07) is 14.8. The number of rotatable bonds is 6. The minimum atomic E-state index is -0.0450. The second kappa shape index (κ2) is 7.88. The highest BCUT2D eigenvalue weighted by Gasteiger charge is 2.21. The smallest absolute Gasteiger partial charge is 0.228 e. The number of carbonyl (C=O) groups is 1. The molecule has 0 unspecified atom stereocenters. The summed E-state index contributed by atoms with van der Waals surface area (Å²) in [6.07, 6.45) is 2.89. The van der Waals surface area contributed by atoms with Crippen molar-refractivity contribution in [1.29, 1.82) is 0 Å². The lowest BCUT2D eigenvalue weighted by molar-refractivity contribution is -0.115. The van der Waals surface area contributed by atoms with E-state index in [-0.39, 0.29) is 18.3 Å². The van der Waals surface area contributed by atoms with Gasteiger partial charge in [-0.2, -0.15) is 0 Å². The van der Waals surface area contributed by atoms with E-state index in [9.17, 15) is 4.79 Å². The van der Waals surface area contributed by atoms with Gasteiger partial charge in [-0.15, -0.1) is 12.4 Å². The Bertz CT molecular complexity index is 637. The van der Waals surface area contributed by atoms with E-state index in [4.69, 9.17) is 10.5 Å². The van der Waals surface area contributed by atoms with Gasteiger partial charge in [0.1, 0.15) is 5.75 Å². The molecule has 0 atom stereocenters. The Hall–Kier alpha value is -2.20. The molecule has 2 aromatic carbocycles. The third-order valence-corrected chi connectivity index (χ3v) is 3.67. The molecule has 0 spiro atoms. The van der Waals surface area contributed by atoms with Crippen molar-refractivity contribution in [2.24, 2.45) is 5.92 Å². The van der Waals surface area contributed by atoms with Crippen LogP contribution in [0.3, 0.4) is 0 Å². The Morgan fingerprint density at radius 1 is 1.09 bits per heavy atom. The zero-order valence-electron chi connectivity index (χ0n) is 12.8. The van der Waals surface area contributed by atoms with Crippen molar-refractivity contribution in [3.05, 3.63) is 54.1 Å². The van der Waals surface area contributed by atoms with Crippen LogP contribution in [0.5, 0.6) is 5.75 Å². The summed E-state index contributed by atoms with van der Waals surface area (Å²) in [5, 5.41) is 2.88. The lowest BCUT2D eigenvalue weighted by Crippen LogP contribution is -2.14. The molecule has 4 nitrogen and oxygen atoms in total. The highest BCUT2D eigenvalue weighted by Crippen LogP contribution is 2.29. The summed E-state index contributed by atoms with van der Waals surface area (Å²) in [5.74, 6) is 1.54. The van der Waals surface area contributed by atoms with Crippen LogP contribution in [0.25, 0.3) is 0 Å². The maximum Gasteiger partial charge on any atom is 0.228 e. The second-order valence-electron chi connectivity index (χ2n) is 5.75. The van der Waals surface area contributed by atoms with Gasteiger partial charge in [-0.1, -0.05) is 12.1 Å². The average molecular weight is 333 g/mol. The fourth-order valence-electron chi connectivity index (χ4n) is 2.16. The lowest BCUT2D eigenvalue weighted by atomic mass is 10.1. The van der Waals surface area contributed by atoms with E-state index in [1.807, 2.05) is 36.4 Å². The summed E-state index contributed by atoms with van der Waals surface area (Å²) in [7, 11) is 0. The Morgan fingerprint density at radius 3 is 2.35 bits per heavy atom. The number of amides is 1. The third-order valence-electron chi connectivity index (χ3n) is 3.67. The number of nitrogens with one attached hydrogen (secondary N) is 1. The standard InChI is InChI=1S/C18H20N2O2.ClH/c19-15-5-3-13(4-6-15)11-18(21)20-16-7-9-17(10-8-16)22-12-14-1-2-14;/h3-10,14H,1-2,11-12,19H2,(H,20,21);1H. The SMILES string of the molecule is Cl.Nc1ccc(CC(=O)Nc2ccc(OCC3CC3)cc2)cc1. The van der Waals surface area contributed by atoms with Crippen LogP contribution in [0, 0.1) is 5.92 Å². The molecule has 122 valence electrons. The number of halogens is 1. The minimum absolute atomic E-state index is 0. The van der Waals surface area contributed by atoms with Gasteiger partial charge in [0.2, 0.25) is 5.91 Å². The number of nitrogen functional groups attached to an aromatic ring is 1. The van der Waals surface area contributed by atoms with Crippen molar-refractivity contribution in [2.75, 3.05) is 17.7 Å². The van der Waals surface area contributed by atoms with Gasteiger partial charge in [0.05, 0.1) is 13.0 Å². The molecule has 1 saturated carbocycles. The number of benzene rings is 2. The number of hydrogen-bond acceptors (Lipinski definition) is 3. The van der Waals surface area contributed by atoms with Crippen LogP contribution in [0.2, 0.25) is 0 Å². The predicted octanol–water partition coefficient (Wildman–Crippen LogP) is 3.66. The first-order valence-corrected chi connectivity index (χ1v) is 7.56. The van der Waals surface area contributed by atoms with E-state index >= 15 is 0 Å². The summed E-state index contributed by atoms with van der Waals surface area (Å²) in [4.78, 5) is 12.0. The van der Waals surface area contributed by atoms with E-state index < -0.39 is 0 Å². The van der Waals surface area contributed by atoms with Gasteiger partial charge in [0, 0.05) is 11.4 Å². The van der Waals surface area contributed by atoms with Crippen LogP contribution in [0.4, 0.5) is 11.4 Å². The molecule has 3 rings (SSSR count). The molecule has 1 aliphatic rings. The van der Waals surface area contributed by atoms with Gasteiger partial charge < -0.3 is 15.8 Å². The number of anilines is 2. The fraction of sp³-hybridized carbons (Fsp3) is 0.278. The lowest BCUT2D eigenvalue weighted by Gasteiger charge is -2.08. The maximum absolute atomic E-state index is 12.0. The zero-order valence-corrected chi connectivity index (χ0v) is 13.6. The zero-order chi connectivity index (χ0) is 15.4. The van der Waals surface area contributed by atoms with Crippen molar-refractivity contribution < 1.29 is 9.53 Å². The monoisotopic (exact) mass is 332 g/mol. The molecule has 0 saturated heterocycles. The minimum Gasteiger partial charge on any atom is -0.493 e. The normalized spacial score (nSPS) is 13.0. The molecule has 1 aliphatic carbocycles. The van der Waals surface area contributed by atoms with Crippen molar-refractivity contribution in [1.82, 2.24) is 0 Å². The fourth-order valence-corrected chi connectivity index (χ4v) is 2.16. The Labute approximate surface area is 142 Å². The van der Waals surface area contributed by atoms with E-state index in [2.05, 4.69) is 5.32 Å². The largest absolute Gasteiger partial charge is 0.493 e. The van der Waals surface area contributed by atoms with E-state index in [1.165, 1.54) is 12.8 Å². The first-order valence-electron chi connectivity index (χ1n) is 7.56. The summed E-state index contributed by atoms with van der Waals surface area (Å²) >= 11 is 0. The molecule has 23 heavy (non-hydrogen) atoms. The Balaban J connectivity index is 0.00000192. The molecular formula is C18H21ClN2O2. The summed E-state index contributed by atoms with van der Waals surface area (Å²) in [6.45, 7) is 0.794. The second-order valence-corrected chi connectivity index (χ2v) is 5.75. The van der Waals surface area contributed by atoms with E-state index in [1.54, 1.807) is 12.1 Å². The summed E-state index contributed by atoms with van der Waals surface area (Å²) in [5.41, 5.74) is 8.05. The summed E-state index contributed by atoms with van der Waals surface area (Å²) < 4.78 is 5.67.